The normalized spacial score (nSPS) is 33.1. The van der Waals surface area contributed by atoms with E-state index in [4.69, 9.17) is 9.47 Å². The fraction of sp³-hybridized carbons (Fsp3) is 0.529. The van der Waals surface area contributed by atoms with Gasteiger partial charge in [-0.25, -0.2) is 9.98 Å². The molecule has 0 saturated carbocycles. The van der Waals surface area contributed by atoms with Crippen molar-refractivity contribution in [2.75, 3.05) is 27.8 Å². The van der Waals surface area contributed by atoms with Crippen LogP contribution in [0.5, 0.6) is 0 Å². The molecule has 0 saturated heterocycles. The molecule has 0 N–H and O–H groups in total. The van der Waals surface area contributed by atoms with Gasteiger partial charge in [-0.1, -0.05) is 29.9 Å². The molecule has 3 atom stereocenters. The van der Waals surface area contributed by atoms with Crippen LogP contribution in [0.4, 0.5) is 0 Å². The number of methoxy groups -OCH3 is 2. The molecule has 5 heteroatoms. The van der Waals surface area contributed by atoms with Gasteiger partial charge in [0, 0.05) is 18.9 Å². The zero-order chi connectivity index (χ0) is 15.7. The number of likely N-dealkylation sites (N-methyl/N-ethyl adjacent to an activating group) is 1. The minimum absolute atomic E-state index is 0.00253. The lowest BCUT2D eigenvalue weighted by atomic mass is 9.72. The van der Waals surface area contributed by atoms with Crippen molar-refractivity contribution in [1.29, 1.82) is 0 Å². The van der Waals surface area contributed by atoms with Crippen molar-refractivity contribution in [1.82, 2.24) is 4.90 Å². The van der Waals surface area contributed by atoms with Gasteiger partial charge in [0.2, 0.25) is 11.8 Å². The molecule has 2 heterocycles. The molecule has 0 spiro atoms. The Bertz CT molecular complexity index is 603. The lowest BCUT2D eigenvalue weighted by molar-refractivity contribution is 0.288. The maximum absolute atomic E-state index is 5.42. The lowest BCUT2D eigenvalue weighted by Crippen LogP contribution is -2.39. The number of aliphatic imine (C=N–C) groups is 2. The predicted molar refractivity (Wildman–Crippen MR) is 88.2 cm³/mol. The van der Waals surface area contributed by atoms with E-state index in [0.717, 1.165) is 6.42 Å². The number of allylic oxidation sites excluding steroid dienone is 2. The van der Waals surface area contributed by atoms with Gasteiger partial charge in [0.1, 0.15) is 12.6 Å². The highest BCUT2D eigenvalue weighted by Crippen LogP contribution is 2.44. The Morgan fingerprint density at radius 3 is 2.91 bits per heavy atom. The Balaban J connectivity index is 1.85. The summed E-state index contributed by atoms with van der Waals surface area (Å²) in [5, 5.41) is 0. The van der Waals surface area contributed by atoms with Crippen LogP contribution in [-0.2, 0) is 9.47 Å². The van der Waals surface area contributed by atoms with Crippen molar-refractivity contribution in [3.8, 4) is 0 Å². The van der Waals surface area contributed by atoms with Crippen LogP contribution in [-0.4, -0.2) is 56.6 Å². The van der Waals surface area contributed by atoms with E-state index in [1.165, 1.54) is 5.57 Å². The molecule has 5 nitrogen and oxygen atoms in total. The zero-order valence-corrected chi connectivity index (χ0v) is 13.6. The van der Waals surface area contributed by atoms with Gasteiger partial charge in [-0.15, -0.1) is 0 Å². The van der Waals surface area contributed by atoms with E-state index in [1.54, 1.807) is 14.2 Å². The summed E-state index contributed by atoms with van der Waals surface area (Å²) >= 11 is 0. The largest absolute Gasteiger partial charge is 0.483 e. The summed E-state index contributed by atoms with van der Waals surface area (Å²) in [5.41, 5.74) is 1.35. The van der Waals surface area contributed by atoms with Gasteiger partial charge in [0.15, 0.2) is 0 Å². The molecule has 0 amide bonds. The third-order valence-electron chi connectivity index (χ3n) is 4.80. The van der Waals surface area contributed by atoms with Gasteiger partial charge in [0.05, 0.1) is 20.3 Å². The second kappa shape index (κ2) is 5.63. The first-order valence-corrected chi connectivity index (χ1v) is 7.56. The minimum atomic E-state index is -0.108. The number of fused-ring (bicyclic) bond motifs is 1. The Kier molecular flexibility index (Phi) is 3.81. The Morgan fingerprint density at radius 1 is 1.36 bits per heavy atom. The maximum Gasteiger partial charge on any atom is 0.209 e. The number of hydrogen-bond acceptors (Lipinski definition) is 5. The van der Waals surface area contributed by atoms with E-state index in [1.807, 2.05) is 0 Å². The summed E-state index contributed by atoms with van der Waals surface area (Å²) in [4.78, 5) is 11.3. The predicted octanol–water partition coefficient (Wildman–Crippen LogP) is 2.18. The van der Waals surface area contributed by atoms with Gasteiger partial charge in [0.25, 0.3) is 0 Å². The average Bonchev–Trinajstić information content (AvgIpc) is 2.84. The van der Waals surface area contributed by atoms with Crippen LogP contribution in [0.1, 0.15) is 13.3 Å². The molecule has 3 aliphatic rings. The Labute approximate surface area is 131 Å². The first kappa shape index (κ1) is 14.9. The zero-order valence-electron chi connectivity index (χ0n) is 13.6. The topological polar surface area (TPSA) is 46.4 Å². The maximum atomic E-state index is 5.42. The van der Waals surface area contributed by atoms with Crippen LogP contribution >= 0.6 is 0 Å². The van der Waals surface area contributed by atoms with Gasteiger partial charge in [-0.3, -0.25) is 0 Å². The first-order valence-electron chi connectivity index (χ1n) is 7.56. The van der Waals surface area contributed by atoms with Crippen molar-refractivity contribution in [3.63, 3.8) is 0 Å². The number of hydrogen-bond donors (Lipinski definition) is 0. The highest BCUT2D eigenvalue weighted by atomic mass is 16.5. The smallest absolute Gasteiger partial charge is 0.209 e. The quantitative estimate of drug-likeness (QED) is 0.785. The summed E-state index contributed by atoms with van der Waals surface area (Å²) in [5.74, 6) is 1.35. The summed E-state index contributed by atoms with van der Waals surface area (Å²) in [6, 6.07) is 0.258. The van der Waals surface area contributed by atoms with Crippen molar-refractivity contribution in [2.24, 2.45) is 15.4 Å². The number of rotatable bonds is 2. The van der Waals surface area contributed by atoms with Crippen LogP contribution in [0, 0.1) is 5.41 Å². The van der Waals surface area contributed by atoms with Crippen molar-refractivity contribution >= 4 is 11.8 Å². The Morgan fingerprint density at radius 2 is 2.18 bits per heavy atom. The first-order chi connectivity index (χ1) is 10.6. The lowest BCUT2D eigenvalue weighted by Gasteiger charge is -2.38. The van der Waals surface area contributed by atoms with Crippen LogP contribution in [0.15, 0.2) is 46.1 Å². The monoisotopic (exact) mass is 301 g/mol. The van der Waals surface area contributed by atoms with E-state index in [9.17, 15) is 0 Å². The van der Waals surface area contributed by atoms with Gasteiger partial charge in [-0.2, -0.15) is 0 Å². The molecule has 0 fully saturated rings. The number of ether oxygens (including phenoxy) is 2. The molecule has 0 radical (unpaired) electrons. The van der Waals surface area contributed by atoms with Gasteiger partial charge >= 0.3 is 0 Å². The van der Waals surface area contributed by atoms with E-state index >= 15 is 0 Å². The molecular formula is C17H23N3O2. The van der Waals surface area contributed by atoms with Crippen molar-refractivity contribution < 1.29 is 9.47 Å². The minimum Gasteiger partial charge on any atom is -0.483 e. The highest BCUT2D eigenvalue weighted by molar-refractivity contribution is 5.92. The highest BCUT2D eigenvalue weighted by Gasteiger charge is 2.42. The van der Waals surface area contributed by atoms with Gasteiger partial charge in [-0.05, 0) is 13.1 Å². The third kappa shape index (κ3) is 2.34. The molecule has 2 aliphatic heterocycles. The van der Waals surface area contributed by atoms with E-state index in [-0.39, 0.29) is 11.5 Å². The van der Waals surface area contributed by atoms with Crippen molar-refractivity contribution in [2.45, 2.75) is 25.4 Å². The van der Waals surface area contributed by atoms with E-state index < -0.39 is 0 Å². The molecular weight excluding hydrogens is 278 g/mol. The summed E-state index contributed by atoms with van der Waals surface area (Å²) in [6.07, 6.45) is 11.8. The number of nitrogens with zero attached hydrogens (tertiary/aromatic N) is 3. The summed E-state index contributed by atoms with van der Waals surface area (Å²) < 4.78 is 10.7. The third-order valence-corrected chi connectivity index (χ3v) is 4.80. The van der Waals surface area contributed by atoms with E-state index in [2.05, 4.69) is 59.4 Å². The molecule has 3 rings (SSSR count). The average molecular weight is 301 g/mol. The summed E-state index contributed by atoms with van der Waals surface area (Å²) in [7, 11) is 5.41. The Hall–Kier alpha value is -2.04. The van der Waals surface area contributed by atoms with Crippen LogP contribution in [0.2, 0.25) is 0 Å². The SMILES string of the molecule is COC1=N[C@@H](CC2=CC=CC3N(C)C=CC23C)C(OC)=NC1. The molecule has 2 unspecified atom stereocenters. The summed E-state index contributed by atoms with van der Waals surface area (Å²) in [6.45, 7) is 2.73. The van der Waals surface area contributed by atoms with Crippen LogP contribution in [0.25, 0.3) is 0 Å². The molecule has 0 bridgehead atoms. The molecule has 0 aromatic rings. The molecule has 22 heavy (non-hydrogen) atoms. The standard InChI is InChI=1S/C17H23N3O2/c1-17-8-9-20(2)14(17)7-5-6-12(17)10-13-16(22-4)18-11-15(19-13)21-3/h5-9,13-14H,10-11H2,1-4H3/t13-,14?,17?/m0/s1. The van der Waals surface area contributed by atoms with Crippen molar-refractivity contribution in [3.05, 3.63) is 36.1 Å². The van der Waals surface area contributed by atoms with E-state index in [0.29, 0.717) is 24.4 Å². The molecule has 0 aromatic heterocycles. The second-order valence-electron chi connectivity index (χ2n) is 6.09. The van der Waals surface area contributed by atoms with Gasteiger partial charge < -0.3 is 14.4 Å². The fourth-order valence-corrected chi connectivity index (χ4v) is 3.44. The van der Waals surface area contributed by atoms with Crippen LogP contribution < -0.4 is 0 Å². The molecule has 1 aliphatic carbocycles. The fourth-order valence-electron chi connectivity index (χ4n) is 3.44. The second-order valence-corrected chi connectivity index (χ2v) is 6.09. The molecule has 118 valence electrons. The molecule has 0 aromatic carbocycles. The van der Waals surface area contributed by atoms with Crippen LogP contribution in [0.3, 0.4) is 0 Å².